The normalized spacial score (nSPS) is 10.9. The number of esters is 4. The molecule has 0 aromatic heterocycles. The highest BCUT2D eigenvalue weighted by atomic mass is 16.5. The van der Waals surface area contributed by atoms with Crippen molar-refractivity contribution in [1.82, 2.24) is 0 Å². The van der Waals surface area contributed by atoms with Gasteiger partial charge in [0, 0.05) is 38.5 Å². The van der Waals surface area contributed by atoms with Gasteiger partial charge in [-0.25, -0.2) is 0 Å². The number of carbonyl (C=O) groups is 6. The molecule has 0 unspecified atom stereocenters. The molecule has 0 radical (unpaired) electrons. The lowest BCUT2D eigenvalue weighted by molar-refractivity contribution is -0.146. The molecule has 0 aliphatic carbocycles. The smallest absolute Gasteiger partial charge is 0.305 e. The van der Waals surface area contributed by atoms with Crippen LogP contribution in [0.15, 0.2) is 0 Å². The standard InChI is InChI=1S/C24H46O4.C22H42O4.C6H10O4/c1-21(2)15-9-5-7-13-19-27-23(25)17-11-12-18-24(26)28-20-14-8-6-10-16-22(3)4;1-19(2)13-7-5-11-17-25-21(23)15-9-10-16-22(24)26-18-12-6-8-14-20(3)4;7-5(8)3-1-2-4-6(9)10/h21-22H,5-20H2,1-4H3;19-20H,5-18H2,1-4H3;1-4H2,(H,7,8)(H,9,10). The fourth-order valence-electron chi connectivity index (χ4n) is 6.34. The molecule has 0 saturated heterocycles. The molecular weight excluding hydrogens is 817 g/mol. The Kier molecular flexibility index (Phi) is 50.1. The van der Waals surface area contributed by atoms with Crippen molar-refractivity contribution in [3.63, 3.8) is 0 Å². The molecule has 0 aliphatic rings. The average molecular weight is 915 g/mol. The second kappa shape index (κ2) is 49.3. The van der Waals surface area contributed by atoms with Crippen LogP contribution in [-0.2, 0) is 47.7 Å². The molecular formula is C52H98O12. The lowest BCUT2D eigenvalue weighted by Crippen LogP contribution is -2.08. The van der Waals surface area contributed by atoms with E-state index in [1.807, 2.05) is 0 Å². The Morgan fingerprint density at radius 2 is 0.469 bits per heavy atom. The summed E-state index contributed by atoms with van der Waals surface area (Å²) < 4.78 is 20.9. The molecule has 64 heavy (non-hydrogen) atoms. The molecule has 0 rings (SSSR count). The topological polar surface area (TPSA) is 180 Å². The summed E-state index contributed by atoms with van der Waals surface area (Å²) in [6.45, 7) is 20.0. The van der Waals surface area contributed by atoms with Crippen molar-refractivity contribution in [3.8, 4) is 0 Å². The summed E-state index contributed by atoms with van der Waals surface area (Å²) in [7, 11) is 0. The van der Waals surface area contributed by atoms with Crippen molar-refractivity contribution in [2.75, 3.05) is 26.4 Å². The third-order valence-electron chi connectivity index (χ3n) is 10.3. The lowest BCUT2D eigenvalue weighted by atomic mass is 10.0. The minimum absolute atomic E-state index is 0.0628. The highest BCUT2D eigenvalue weighted by Gasteiger charge is 2.08. The number of hydrogen-bond donors (Lipinski definition) is 2. The van der Waals surface area contributed by atoms with Crippen LogP contribution in [0.3, 0.4) is 0 Å². The van der Waals surface area contributed by atoms with Gasteiger partial charge in [-0.2, -0.15) is 0 Å². The zero-order valence-electron chi connectivity index (χ0n) is 42.3. The van der Waals surface area contributed by atoms with E-state index >= 15 is 0 Å². The third-order valence-corrected chi connectivity index (χ3v) is 10.3. The summed E-state index contributed by atoms with van der Waals surface area (Å²) in [6, 6.07) is 0. The van der Waals surface area contributed by atoms with Crippen LogP contribution in [0.1, 0.15) is 248 Å². The van der Waals surface area contributed by atoms with E-state index < -0.39 is 11.9 Å². The number of unbranched alkanes of at least 4 members (excludes halogenated alkanes) is 13. The van der Waals surface area contributed by atoms with Crippen LogP contribution >= 0.6 is 0 Å². The van der Waals surface area contributed by atoms with Gasteiger partial charge in [0.15, 0.2) is 0 Å². The van der Waals surface area contributed by atoms with Gasteiger partial charge in [-0.15, -0.1) is 0 Å². The molecule has 12 heteroatoms. The van der Waals surface area contributed by atoms with E-state index in [0.29, 0.717) is 90.6 Å². The first-order chi connectivity index (χ1) is 30.5. The quantitative estimate of drug-likeness (QED) is 0.0337. The van der Waals surface area contributed by atoms with Crippen LogP contribution in [0, 0.1) is 23.7 Å². The number of carbonyl (C=O) groups excluding carboxylic acids is 4. The van der Waals surface area contributed by atoms with E-state index in [2.05, 4.69) is 55.4 Å². The molecule has 2 N–H and O–H groups in total. The number of ether oxygens (including phenoxy) is 4. The fraction of sp³-hybridized carbons (Fsp3) is 0.885. The maximum Gasteiger partial charge on any atom is 0.305 e. The zero-order valence-corrected chi connectivity index (χ0v) is 42.3. The van der Waals surface area contributed by atoms with Gasteiger partial charge in [0.1, 0.15) is 0 Å². The lowest BCUT2D eigenvalue weighted by Gasteiger charge is -2.07. The molecule has 0 saturated carbocycles. The monoisotopic (exact) mass is 915 g/mol. The SMILES string of the molecule is CC(C)CCCCCCOC(=O)CCCCC(=O)OCCCCCCC(C)C.CC(C)CCCCCOC(=O)CCCCC(=O)OCCCCCC(C)C.O=C(O)CCCCC(=O)O. The van der Waals surface area contributed by atoms with Gasteiger partial charge in [-0.3, -0.25) is 28.8 Å². The zero-order chi connectivity index (χ0) is 48.6. The highest BCUT2D eigenvalue weighted by molar-refractivity contribution is 5.71. The van der Waals surface area contributed by atoms with Crippen molar-refractivity contribution in [1.29, 1.82) is 0 Å². The second-order valence-electron chi connectivity index (χ2n) is 19.0. The van der Waals surface area contributed by atoms with Crippen LogP contribution in [0.25, 0.3) is 0 Å². The number of hydrogen-bond acceptors (Lipinski definition) is 10. The average Bonchev–Trinajstić information content (AvgIpc) is 3.21. The van der Waals surface area contributed by atoms with Crippen molar-refractivity contribution < 1.29 is 57.9 Å². The summed E-state index contributed by atoms with van der Waals surface area (Å²) in [5, 5.41) is 16.3. The maximum absolute atomic E-state index is 11.7. The Balaban J connectivity index is -0.000000960. The Morgan fingerprint density at radius 1 is 0.281 bits per heavy atom. The molecule has 0 atom stereocenters. The first kappa shape index (κ1) is 65.1. The predicted octanol–water partition coefficient (Wildman–Crippen LogP) is 13.6. The number of carboxylic acid groups (broad SMARTS) is 2. The Labute approximate surface area is 390 Å². The van der Waals surface area contributed by atoms with Crippen LogP contribution in [0.5, 0.6) is 0 Å². The van der Waals surface area contributed by atoms with Crippen LogP contribution in [0.4, 0.5) is 0 Å². The number of carboxylic acids is 2. The van der Waals surface area contributed by atoms with Gasteiger partial charge in [0.2, 0.25) is 0 Å². The van der Waals surface area contributed by atoms with Gasteiger partial charge in [0.25, 0.3) is 0 Å². The van der Waals surface area contributed by atoms with E-state index in [9.17, 15) is 28.8 Å². The summed E-state index contributed by atoms with van der Waals surface area (Å²) in [4.78, 5) is 66.3. The minimum Gasteiger partial charge on any atom is -0.481 e. The van der Waals surface area contributed by atoms with Crippen LogP contribution in [0.2, 0.25) is 0 Å². The molecule has 0 aliphatic heterocycles. The summed E-state index contributed by atoms with van der Waals surface area (Å²) in [6.07, 6.45) is 26.1. The molecule has 0 aromatic rings. The first-order valence-electron chi connectivity index (χ1n) is 25.5. The van der Waals surface area contributed by atoms with Gasteiger partial charge in [0.05, 0.1) is 26.4 Å². The maximum atomic E-state index is 11.7. The highest BCUT2D eigenvalue weighted by Crippen LogP contribution is 2.13. The molecule has 12 nitrogen and oxygen atoms in total. The van der Waals surface area contributed by atoms with E-state index in [-0.39, 0.29) is 36.7 Å². The van der Waals surface area contributed by atoms with Gasteiger partial charge >= 0.3 is 35.8 Å². The summed E-state index contributed by atoms with van der Waals surface area (Å²) >= 11 is 0. The first-order valence-corrected chi connectivity index (χ1v) is 25.5. The van der Waals surface area contributed by atoms with E-state index in [0.717, 1.165) is 75.0 Å². The summed E-state index contributed by atoms with van der Waals surface area (Å²) in [5.41, 5.74) is 0. The number of aliphatic carboxylic acids is 2. The molecule has 0 spiro atoms. The van der Waals surface area contributed by atoms with Crippen molar-refractivity contribution in [2.24, 2.45) is 23.7 Å². The van der Waals surface area contributed by atoms with Gasteiger partial charge < -0.3 is 29.2 Å². The van der Waals surface area contributed by atoms with Crippen LogP contribution in [-0.4, -0.2) is 72.5 Å². The van der Waals surface area contributed by atoms with Crippen molar-refractivity contribution in [3.05, 3.63) is 0 Å². The van der Waals surface area contributed by atoms with Crippen LogP contribution < -0.4 is 0 Å². The Hall–Kier alpha value is -3.18. The van der Waals surface area contributed by atoms with Gasteiger partial charge in [-0.1, -0.05) is 145 Å². The molecule has 0 aromatic carbocycles. The molecule has 0 heterocycles. The summed E-state index contributed by atoms with van der Waals surface area (Å²) in [5.74, 6) is 0.719. The molecule has 378 valence electrons. The minimum atomic E-state index is -0.870. The van der Waals surface area contributed by atoms with E-state index in [4.69, 9.17) is 29.2 Å². The number of rotatable bonds is 41. The van der Waals surface area contributed by atoms with Crippen molar-refractivity contribution in [2.45, 2.75) is 248 Å². The van der Waals surface area contributed by atoms with Crippen molar-refractivity contribution >= 4 is 35.8 Å². The molecule has 0 amide bonds. The van der Waals surface area contributed by atoms with E-state index in [1.54, 1.807) is 0 Å². The predicted molar refractivity (Wildman–Crippen MR) is 257 cm³/mol. The second-order valence-corrected chi connectivity index (χ2v) is 19.0. The Morgan fingerprint density at radius 3 is 0.672 bits per heavy atom. The molecule has 0 fully saturated rings. The van der Waals surface area contributed by atoms with Gasteiger partial charge in [-0.05, 0) is 87.9 Å². The third kappa shape index (κ3) is 63.1. The largest absolute Gasteiger partial charge is 0.481 e. The van der Waals surface area contributed by atoms with E-state index in [1.165, 1.54) is 64.2 Å². The Bertz CT molecular complexity index is 1030. The molecule has 0 bridgehead atoms. The fourth-order valence-corrected chi connectivity index (χ4v) is 6.34.